The molecule has 0 unspecified atom stereocenters. The minimum Gasteiger partial charge on any atom is -0.497 e. The van der Waals surface area contributed by atoms with Gasteiger partial charge in [0.2, 0.25) is 5.91 Å². The number of benzene rings is 1. The lowest BCUT2D eigenvalue weighted by Crippen LogP contribution is -2.42. The molecule has 0 spiro atoms. The molecular weight excluding hydrogens is 302 g/mol. The largest absolute Gasteiger partial charge is 0.497 e. The number of amides is 1. The van der Waals surface area contributed by atoms with E-state index in [-0.39, 0.29) is 12.0 Å². The van der Waals surface area contributed by atoms with E-state index in [1.54, 1.807) is 7.11 Å². The minimum absolute atomic E-state index is 0.140. The molecule has 2 fully saturated rings. The summed E-state index contributed by atoms with van der Waals surface area (Å²) in [6, 6.07) is 8.38. The van der Waals surface area contributed by atoms with Gasteiger partial charge in [-0.15, -0.1) is 0 Å². The zero-order valence-electron chi connectivity index (χ0n) is 14.6. The predicted octanol–water partition coefficient (Wildman–Crippen LogP) is 2.25. The average molecular weight is 331 g/mol. The van der Waals surface area contributed by atoms with Crippen LogP contribution in [0.15, 0.2) is 24.3 Å². The number of nitrogens with zero attached hydrogens (tertiary/aromatic N) is 2. The van der Waals surface area contributed by atoms with Gasteiger partial charge in [-0.25, -0.2) is 0 Å². The van der Waals surface area contributed by atoms with Gasteiger partial charge in [-0.1, -0.05) is 6.42 Å². The molecule has 1 aliphatic heterocycles. The first-order valence-electron chi connectivity index (χ1n) is 9.10. The Bertz CT molecular complexity index is 546. The Balaban J connectivity index is 1.58. The van der Waals surface area contributed by atoms with Gasteiger partial charge in [-0.05, 0) is 49.9 Å². The molecule has 1 aromatic carbocycles. The molecule has 3 rings (SSSR count). The number of carbonyl (C=O) groups is 1. The Kier molecular flexibility index (Phi) is 5.61. The van der Waals surface area contributed by atoms with Gasteiger partial charge in [0, 0.05) is 43.8 Å². The van der Waals surface area contributed by atoms with Crippen molar-refractivity contribution in [3.05, 3.63) is 24.3 Å². The normalized spacial score (nSPS) is 25.2. The van der Waals surface area contributed by atoms with E-state index < -0.39 is 0 Å². The molecule has 5 heteroatoms. The molecule has 2 aliphatic rings. The van der Waals surface area contributed by atoms with Gasteiger partial charge < -0.3 is 20.3 Å². The van der Waals surface area contributed by atoms with E-state index in [4.69, 9.17) is 10.5 Å². The van der Waals surface area contributed by atoms with Crippen molar-refractivity contribution in [3.63, 3.8) is 0 Å². The summed E-state index contributed by atoms with van der Waals surface area (Å²) >= 11 is 0. The quantitative estimate of drug-likeness (QED) is 0.923. The Hall–Kier alpha value is -1.75. The van der Waals surface area contributed by atoms with Crippen LogP contribution in [0.5, 0.6) is 5.75 Å². The van der Waals surface area contributed by atoms with Crippen molar-refractivity contribution in [1.82, 2.24) is 4.90 Å². The van der Waals surface area contributed by atoms with Crippen LogP contribution in [0.2, 0.25) is 0 Å². The standard InChI is InChI=1S/C19H29N3O2/c1-24-18-8-6-17(7-9-18)21-10-3-11-22(13-12-21)19(23)15-4-2-5-16(20)14-15/h6-9,15-16H,2-5,10-14,20H2,1H3/t15-,16-/m1/s1. The molecule has 1 saturated carbocycles. The van der Waals surface area contributed by atoms with Gasteiger partial charge in [0.15, 0.2) is 0 Å². The molecule has 1 aromatic rings. The number of methoxy groups -OCH3 is 1. The van der Waals surface area contributed by atoms with Crippen LogP contribution in [0.4, 0.5) is 5.69 Å². The van der Waals surface area contributed by atoms with Crippen LogP contribution in [0.1, 0.15) is 32.1 Å². The Morgan fingerprint density at radius 1 is 1.08 bits per heavy atom. The van der Waals surface area contributed by atoms with Crippen molar-refractivity contribution in [2.75, 3.05) is 38.2 Å². The summed E-state index contributed by atoms with van der Waals surface area (Å²) in [5.41, 5.74) is 7.25. The summed E-state index contributed by atoms with van der Waals surface area (Å²) in [6.45, 7) is 3.53. The zero-order chi connectivity index (χ0) is 16.9. The highest BCUT2D eigenvalue weighted by Crippen LogP contribution is 2.26. The molecule has 24 heavy (non-hydrogen) atoms. The lowest BCUT2D eigenvalue weighted by molar-refractivity contribution is -0.136. The van der Waals surface area contributed by atoms with E-state index >= 15 is 0 Å². The van der Waals surface area contributed by atoms with Crippen molar-refractivity contribution < 1.29 is 9.53 Å². The summed E-state index contributed by atoms with van der Waals surface area (Å²) in [5.74, 6) is 1.34. The van der Waals surface area contributed by atoms with E-state index in [1.807, 2.05) is 12.1 Å². The van der Waals surface area contributed by atoms with E-state index in [0.29, 0.717) is 5.91 Å². The highest BCUT2D eigenvalue weighted by atomic mass is 16.5. The Labute approximate surface area is 144 Å². The van der Waals surface area contributed by atoms with Gasteiger partial charge in [0.25, 0.3) is 0 Å². The summed E-state index contributed by atoms with van der Waals surface area (Å²) < 4.78 is 5.22. The van der Waals surface area contributed by atoms with Gasteiger partial charge in [-0.3, -0.25) is 4.79 Å². The molecule has 1 heterocycles. The van der Waals surface area contributed by atoms with Crippen LogP contribution in [0.3, 0.4) is 0 Å². The lowest BCUT2D eigenvalue weighted by atomic mass is 9.85. The topological polar surface area (TPSA) is 58.8 Å². The number of hydrogen-bond donors (Lipinski definition) is 1. The van der Waals surface area contributed by atoms with Crippen LogP contribution in [0.25, 0.3) is 0 Å². The second kappa shape index (κ2) is 7.88. The molecular formula is C19H29N3O2. The number of anilines is 1. The zero-order valence-corrected chi connectivity index (χ0v) is 14.6. The minimum atomic E-state index is 0.140. The third-order valence-electron chi connectivity index (χ3n) is 5.31. The molecule has 132 valence electrons. The number of carbonyl (C=O) groups excluding carboxylic acids is 1. The van der Waals surface area contributed by atoms with Gasteiger partial charge in [0.1, 0.15) is 5.75 Å². The predicted molar refractivity (Wildman–Crippen MR) is 96.3 cm³/mol. The molecule has 0 bridgehead atoms. The molecule has 1 aliphatic carbocycles. The first-order valence-corrected chi connectivity index (χ1v) is 9.10. The van der Waals surface area contributed by atoms with Crippen LogP contribution in [-0.4, -0.2) is 50.1 Å². The fourth-order valence-corrected chi connectivity index (χ4v) is 3.90. The maximum atomic E-state index is 12.8. The Morgan fingerprint density at radius 3 is 2.58 bits per heavy atom. The molecule has 1 amide bonds. The molecule has 0 aromatic heterocycles. The van der Waals surface area contributed by atoms with Crippen molar-refractivity contribution in [3.8, 4) is 5.75 Å². The van der Waals surface area contributed by atoms with Gasteiger partial charge in [0.05, 0.1) is 7.11 Å². The van der Waals surface area contributed by atoms with E-state index in [0.717, 1.165) is 64.0 Å². The van der Waals surface area contributed by atoms with E-state index in [9.17, 15) is 4.79 Å². The van der Waals surface area contributed by atoms with Crippen LogP contribution >= 0.6 is 0 Å². The fraction of sp³-hybridized carbons (Fsp3) is 0.632. The first-order chi connectivity index (χ1) is 11.7. The SMILES string of the molecule is COc1ccc(N2CCCN(C(=O)[C@@H]3CCC[C@@H](N)C3)CC2)cc1. The van der Waals surface area contributed by atoms with Crippen molar-refractivity contribution in [1.29, 1.82) is 0 Å². The third kappa shape index (κ3) is 4.01. The highest BCUT2D eigenvalue weighted by Gasteiger charge is 2.29. The number of rotatable bonds is 3. The summed E-state index contributed by atoms with van der Waals surface area (Å²) in [4.78, 5) is 17.2. The maximum Gasteiger partial charge on any atom is 0.225 e. The van der Waals surface area contributed by atoms with Crippen LogP contribution < -0.4 is 15.4 Å². The Morgan fingerprint density at radius 2 is 1.88 bits per heavy atom. The highest BCUT2D eigenvalue weighted by molar-refractivity contribution is 5.79. The number of hydrogen-bond acceptors (Lipinski definition) is 4. The van der Waals surface area contributed by atoms with Crippen molar-refractivity contribution in [2.24, 2.45) is 11.7 Å². The molecule has 5 nitrogen and oxygen atoms in total. The first kappa shape index (κ1) is 17.1. The third-order valence-corrected chi connectivity index (χ3v) is 5.31. The summed E-state index contributed by atoms with van der Waals surface area (Å²) in [5, 5.41) is 0. The fourth-order valence-electron chi connectivity index (χ4n) is 3.90. The lowest BCUT2D eigenvalue weighted by Gasteiger charge is -2.31. The van der Waals surface area contributed by atoms with Crippen molar-refractivity contribution in [2.45, 2.75) is 38.1 Å². The second-order valence-electron chi connectivity index (χ2n) is 6.99. The monoisotopic (exact) mass is 331 g/mol. The maximum absolute atomic E-state index is 12.8. The van der Waals surface area contributed by atoms with Crippen molar-refractivity contribution >= 4 is 11.6 Å². The summed E-state index contributed by atoms with van der Waals surface area (Å²) in [6.07, 6.45) is 5.03. The van der Waals surface area contributed by atoms with Gasteiger partial charge >= 0.3 is 0 Å². The smallest absolute Gasteiger partial charge is 0.225 e. The molecule has 0 radical (unpaired) electrons. The molecule has 1 saturated heterocycles. The van der Waals surface area contributed by atoms with Gasteiger partial charge in [-0.2, -0.15) is 0 Å². The second-order valence-corrected chi connectivity index (χ2v) is 6.99. The van der Waals surface area contributed by atoms with Crippen LogP contribution in [0, 0.1) is 5.92 Å². The number of nitrogens with two attached hydrogens (primary N) is 1. The van der Waals surface area contributed by atoms with Crippen LogP contribution in [-0.2, 0) is 4.79 Å². The number of ether oxygens (including phenoxy) is 1. The average Bonchev–Trinajstić information content (AvgIpc) is 2.87. The molecule has 2 N–H and O–H groups in total. The molecule has 2 atom stereocenters. The van der Waals surface area contributed by atoms with E-state index in [1.165, 1.54) is 5.69 Å². The summed E-state index contributed by atoms with van der Waals surface area (Å²) in [7, 11) is 1.68. The van der Waals surface area contributed by atoms with E-state index in [2.05, 4.69) is 21.9 Å².